The van der Waals surface area contributed by atoms with Crippen molar-refractivity contribution in [3.05, 3.63) is 22.7 Å². The standard InChI is InChI=1S/C15H22ClN3O2/c1-4-21-13(20)7-15(2,3)10-19-6-5-12-11(9-19)8-17-14(16)18-12/h8H,4-7,9-10H2,1-3H3. The Morgan fingerprint density at radius 2 is 2.29 bits per heavy atom. The third-order valence-electron chi connectivity index (χ3n) is 3.56. The number of carbonyl (C=O) groups is 1. The van der Waals surface area contributed by atoms with Gasteiger partial charge in [-0.05, 0) is 23.9 Å². The minimum absolute atomic E-state index is 0.114. The van der Waals surface area contributed by atoms with E-state index in [2.05, 4.69) is 28.7 Å². The molecule has 0 fully saturated rings. The molecule has 6 heteroatoms. The molecule has 0 bridgehead atoms. The van der Waals surface area contributed by atoms with Gasteiger partial charge in [-0.1, -0.05) is 13.8 Å². The van der Waals surface area contributed by atoms with Gasteiger partial charge in [0.2, 0.25) is 5.28 Å². The summed E-state index contributed by atoms with van der Waals surface area (Å²) in [6.45, 7) is 9.02. The van der Waals surface area contributed by atoms with Gasteiger partial charge in [-0.3, -0.25) is 9.69 Å². The summed E-state index contributed by atoms with van der Waals surface area (Å²) in [6.07, 6.45) is 3.10. The molecule has 5 nitrogen and oxygen atoms in total. The van der Waals surface area contributed by atoms with Gasteiger partial charge in [0, 0.05) is 37.8 Å². The molecule has 0 aliphatic carbocycles. The van der Waals surface area contributed by atoms with Crippen molar-refractivity contribution in [3.63, 3.8) is 0 Å². The van der Waals surface area contributed by atoms with Crippen molar-refractivity contribution in [2.75, 3.05) is 19.7 Å². The van der Waals surface area contributed by atoms with E-state index in [1.807, 2.05) is 6.92 Å². The van der Waals surface area contributed by atoms with Crippen LogP contribution in [-0.2, 0) is 22.5 Å². The number of aromatic nitrogens is 2. The number of nitrogens with zero attached hydrogens (tertiary/aromatic N) is 3. The van der Waals surface area contributed by atoms with Crippen LogP contribution in [0.3, 0.4) is 0 Å². The zero-order valence-electron chi connectivity index (χ0n) is 12.9. The first-order chi connectivity index (χ1) is 9.89. The van der Waals surface area contributed by atoms with Crippen molar-refractivity contribution in [2.24, 2.45) is 5.41 Å². The summed E-state index contributed by atoms with van der Waals surface area (Å²) in [6, 6.07) is 0. The van der Waals surface area contributed by atoms with Crippen LogP contribution in [0, 0.1) is 5.41 Å². The van der Waals surface area contributed by atoms with Gasteiger partial charge >= 0.3 is 5.97 Å². The Kier molecular flexibility index (Phi) is 5.17. The zero-order valence-corrected chi connectivity index (χ0v) is 13.6. The number of fused-ring (bicyclic) bond motifs is 1. The molecular weight excluding hydrogens is 290 g/mol. The van der Waals surface area contributed by atoms with Crippen LogP contribution in [0.15, 0.2) is 6.20 Å². The average Bonchev–Trinajstić information content (AvgIpc) is 2.38. The third kappa shape index (κ3) is 4.64. The summed E-state index contributed by atoms with van der Waals surface area (Å²) in [7, 11) is 0. The smallest absolute Gasteiger partial charge is 0.306 e. The molecule has 0 saturated carbocycles. The van der Waals surface area contributed by atoms with Gasteiger partial charge in [-0.15, -0.1) is 0 Å². The minimum atomic E-state index is -0.130. The normalized spacial score (nSPS) is 15.6. The molecule has 1 aliphatic rings. The van der Waals surface area contributed by atoms with Crippen LogP contribution in [0.4, 0.5) is 0 Å². The summed E-state index contributed by atoms with van der Waals surface area (Å²) < 4.78 is 5.04. The Morgan fingerprint density at radius 1 is 1.52 bits per heavy atom. The van der Waals surface area contributed by atoms with Crippen molar-refractivity contribution in [1.82, 2.24) is 14.9 Å². The molecule has 0 aromatic carbocycles. The van der Waals surface area contributed by atoms with E-state index in [4.69, 9.17) is 16.3 Å². The highest BCUT2D eigenvalue weighted by molar-refractivity contribution is 6.28. The lowest BCUT2D eigenvalue weighted by atomic mass is 9.88. The van der Waals surface area contributed by atoms with Crippen LogP contribution >= 0.6 is 11.6 Å². The monoisotopic (exact) mass is 311 g/mol. The molecular formula is C15H22ClN3O2. The van der Waals surface area contributed by atoms with Crippen LogP contribution < -0.4 is 0 Å². The molecule has 1 aromatic heterocycles. The number of halogens is 1. The van der Waals surface area contributed by atoms with E-state index in [-0.39, 0.29) is 11.4 Å². The molecule has 0 saturated heterocycles. The van der Waals surface area contributed by atoms with Gasteiger partial charge in [-0.25, -0.2) is 9.97 Å². The molecule has 0 amide bonds. The van der Waals surface area contributed by atoms with Gasteiger partial charge in [-0.2, -0.15) is 0 Å². The highest BCUT2D eigenvalue weighted by atomic mass is 35.5. The van der Waals surface area contributed by atoms with E-state index in [0.717, 1.165) is 37.3 Å². The Hall–Kier alpha value is -1.20. The Labute approximate surface area is 130 Å². The first-order valence-electron chi connectivity index (χ1n) is 7.28. The maximum atomic E-state index is 11.7. The largest absolute Gasteiger partial charge is 0.466 e. The van der Waals surface area contributed by atoms with Crippen molar-refractivity contribution in [2.45, 2.75) is 40.2 Å². The fraction of sp³-hybridized carbons (Fsp3) is 0.667. The number of hydrogen-bond acceptors (Lipinski definition) is 5. The van der Waals surface area contributed by atoms with Crippen molar-refractivity contribution >= 4 is 17.6 Å². The fourth-order valence-electron chi connectivity index (χ4n) is 2.75. The van der Waals surface area contributed by atoms with Crippen LogP contribution in [0.1, 0.15) is 38.4 Å². The molecule has 116 valence electrons. The van der Waals surface area contributed by atoms with Crippen molar-refractivity contribution < 1.29 is 9.53 Å². The topological polar surface area (TPSA) is 55.3 Å². The fourth-order valence-corrected chi connectivity index (χ4v) is 2.90. The number of esters is 1. The zero-order chi connectivity index (χ0) is 15.5. The van der Waals surface area contributed by atoms with Crippen LogP contribution in [0.5, 0.6) is 0 Å². The summed E-state index contributed by atoms with van der Waals surface area (Å²) >= 11 is 5.82. The van der Waals surface area contributed by atoms with Gasteiger partial charge in [0.05, 0.1) is 18.7 Å². The molecule has 0 unspecified atom stereocenters. The summed E-state index contributed by atoms with van der Waals surface area (Å²) in [4.78, 5) is 22.3. The average molecular weight is 312 g/mol. The molecule has 21 heavy (non-hydrogen) atoms. The lowest BCUT2D eigenvalue weighted by Crippen LogP contribution is -2.39. The van der Waals surface area contributed by atoms with Gasteiger partial charge in [0.25, 0.3) is 0 Å². The lowest BCUT2D eigenvalue weighted by molar-refractivity contribution is -0.145. The van der Waals surface area contributed by atoms with Gasteiger partial charge in [0.1, 0.15) is 0 Å². The minimum Gasteiger partial charge on any atom is -0.466 e. The second-order valence-corrected chi connectivity index (χ2v) is 6.56. The van der Waals surface area contributed by atoms with Gasteiger partial charge in [0.15, 0.2) is 0 Å². The highest BCUT2D eigenvalue weighted by Gasteiger charge is 2.28. The van der Waals surface area contributed by atoms with E-state index in [1.54, 1.807) is 6.20 Å². The summed E-state index contributed by atoms with van der Waals surface area (Å²) in [5.74, 6) is -0.130. The molecule has 1 aromatic rings. The van der Waals surface area contributed by atoms with E-state index in [9.17, 15) is 4.79 Å². The van der Waals surface area contributed by atoms with Crippen LogP contribution in [0.25, 0.3) is 0 Å². The SMILES string of the molecule is CCOC(=O)CC(C)(C)CN1CCc2nc(Cl)ncc2C1. The molecule has 0 radical (unpaired) electrons. The second-order valence-electron chi connectivity index (χ2n) is 6.22. The molecule has 2 rings (SSSR count). The Morgan fingerprint density at radius 3 is 3.00 bits per heavy atom. The van der Waals surface area contributed by atoms with E-state index >= 15 is 0 Å². The first kappa shape index (κ1) is 16.2. The lowest BCUT2D eigenvalue weighted by Gasteiger charge is -2.34. The number of hydrogen-bond donors (Lipinski definition) is 0. The Balaban J connectivity index is 1.95. The van der Waals surface area contributed by atoms with Crippen LogP contribution in [-0.4, -0.2) is 40.5 Å². The molecule has 0 atom stereocenters. The van der Waals surface area contributed by atoms with E-state index < -0.39 is 0 Å². The quantitative estimate of drug-likeness (QED) is 0.617. The Bertz CT molecular complexity index is 520. The van der Waals surface area contributed by atoms with E-state index in [1.165, 1.54) is 0 Å². The highest BCUT2D eigenvalue weighted by Crippen LogP contribution is 2.26. The predicted octanol–water partition coefficient (Wildman–Crippen LogP) is 2.47. The first-order valence-corrected chi connectivity index (χ1v) is 7.66. The molecule has 0 N–H and O–H groups in total. The number of rotatable bonds is 5. The van der Waals surface area contributed by atoms with Crippen LogP contribution in [0.2, 0.25) is 5.28 Å². The summed E-state index contributed by atoms with van der Waals surface area (Å²) in [5, 5.41) is 0.310. The molecule has 2 heterocycles. The predicted molar refractivity (Wildman–Crippen MR) is 81.1 cm³/mol. The maximum Gasteiger partial charge on any atom is 0.306 e. The van der Waals surface area contributed by atoms with E-state index in [0.29, 0.717) is 18.3 Å². The van der Waals surface area contributed by atoms with Gasteiger partial charge < -0.3 is 4.74 Å². The van der Waals surface area contributed by atoms with Crippen molar-refractivity contribution in [1.29, 1.82) is 0 Å². The maximum absolute atomic E-state index is 11.7. The number of carbonyl (C=O) groups excluding carboxylic acids is 1. The summed E-state index contributed by atoms with van der Waals surface area (Å²) in [5.41, 5.74) is 2.05. The second kappa shape index (κ2) is 6.71. The molecule has 0 spiro atoms. The van der Waals surface area contributed by atoms with Crippen molar-refractivity contribution in [3.8, 4) is 0 Å². The molecule has 1 aliphatic heterocycles. The number of ether oxygens (including phenoxy) is 1. The third-order valence-corrected chi connectivity index (χ3v) is 3.75.